The van der Waals surface area contributed by atoms with Crippen LogP contribution in [-0.2, 0) is 4.79 Å². The maximum atomic E-state index is 12.5. The second kappa shape index (κ2) is 7.70. The smallest absolute Gasteiger partial charge is 0.237 e. The molecule has 0 spiro atoms. The summed E-state index contributed by atoms with van der Waals surface area (Å²) in [5, 5.41) is 4.54. The number of para-hydroxylation sites is 1. The SMILES string of the molecule is CC(=O)c1ccc(NC(=O)C(C)Sc2cc(C)c3ccccc3n2)cc1. The number of carbonyl (C=O) groups is 2. The summed E-state index contributed by atoms with van der Waals surface area (Å²) in [6.07, 6.45) is 0. The van der Waals surface area contributed by atoms with Crippen LogP contribution in [0.15, 0.2) is 59.6 Å². The average Bonchev–Trinajstić information content (AvgIpc) is 2.62. The quantitative estimate of drug-likeness (QED) is 0.518. The molecule has 1 unspecified atom stereocenters. The minimum atomic E-state index is -0.296. The minimum Gasteiger partial charge on any atom is -0.325 e. The van der Waals surface area contributed by atoms with Gasteiger partial charge in [-0.15, -0.1) is 0 Å². The molecule has 1 amide bonds. The molecule has 0 aliphatic rings. The Hall–Kier alpha value is -2.66. The van der Waals surface area contributed by atoms with Gasteiger partial charge in [0, 0.05) is 16.6 Å². The number of aryl methyl sites for hydroxylation is 1. The molecular formula is C21H20N2O2S. The zero-order valence-electron chi connectivity index (χ0n) is 14.9. The van der Waals surface area contributed by atoms with Gasteiger partial charge in [-0.1, -0.05) is 30.0 Å². The third-order valence-corrected chi connectivity index (χ3v) is 5.14. The third-order valence-electron chi connectivity index (χ3n) is 4.13. The van der Waals surface area contributed by atoms with Gasteiger partial charge in [-0.05, 0) is 62.7 Å². The normalized spacial score (nSPS) is 12.0. The highest BCUT2D eigenvalue weighted by atomic mass is 32.2. The van der Waals surface area contributed by atoms with Gasteiger partial charge in [0.2, 0.25) is 5.91 Å². The number of hydrogen-bond acceptors (Lipinski definition) is 4. The van der Waals surface area contributed by atoms with Gasteiger partial charge in [-0.25, -0.2) is 4.98 Å². The standard InChI is InChI=1S/C21H20N2O2S/c1-13-12-20(23-19-7-5-4-6-18(13)19)26-15(3)21(25)22-17-10-8-16(9-11-17)14(2)24/h4-12,15H,1-3H3,(H,22,25). The molecule has 2 aromatic carbocycles. The number of nitrogens with one attached hydrogen (secondary N) is 1. The van der Waals surface area contributed by atoms with Crippen LogP contribution in [0.4, 0.5) is 5.69 Å². The molecule has 26 heavy (non-hydrogen) atoms. The van der Waals surface area contributed by atoms with Gasteiger partial charge in [0.15, 0.2) is 5.78 Å². The molecular weight excluding hydrogens is 344 g/mol. The highest BCUT2D eigenvalue weighted by Gasteiger charge is 2.16. The van der Waals surface area contributed by atoms with E-state index in [0.29, 0.717) is 11.3 Å². The molecule has 1 heterocycles. The number of fused-ring (bicyclic) bond motifs is 1. The van der Waals surface area contributed by atoms with Crippen LogP contribution in [0.5, 0.6) is 0 Å². The zero-order valence-corrected chi connectivity index (χ0v) is 15.8. The number of amides is 1. The molecule has 0 saturated carbocycles. The van der Waals surface area contributed by atoms with Crippen molar-refractivity contribution in [1.82, 2.24) is 4.98 Å². The van der Waals surface area contributed by atoms with Crippen molar-refractivity contribution in [2.45, 2.75) is 31.0 Å². The van der Waals surface area contributed by atoms with Gasteiger partial charge in [-0.3, -0.25) is 9.59 Å². The predicted octanol–water partition coefficient (Wildman–Crippen LogP) is 4.87. The number of rotatable bonds is 5. The van der Waals surface area contributed by atoms with Crippen molar-refractivity contribution in [3.05, 3.63) is 65.7 Å². The number of thioether (sulfide) groups is 1. The molecule has 0 bridgehead atoms. The van der Waals surface area contributed by atoms with E-state index in [2.05, 4.69) is 17.2 Å². The van der Waals surface area contributed by atoms with E-state index in [-0.39, 0.29) is 16.9 Å². The van der Waals surface area contributed by atoms with E-state index in [4.69, 9.17) is 0 Å². The summed E-state index contributed by atoms with van der Waals surface area (Å²) in [5.41, 5.74) is 3.38. The van der Waals surface area contributed by atoms with E-state index in [1.807, 2.05) is 37.3 Å². The number of Topliss-reactive ketones (excluding diaryl/α,β-unsaturated/α-hetero) is 1. The summed E-state index contributed by atoms with van der Waals surface area (Å²) in [6, 6.07) is 16.9. The first-order valence-electron chi connectivity index (χ1n) is 8.39. The fraction of sp³-hybridized carbons (Fsp3) is 0.190. The molecule has 0 aliphatic carbocycles. The molecule has 1 aromatic heterocycles. The largest absolute Gasteiger partial charge is 0.325 e. The van der Waals surface area contributed by atoms with Crippen molar-refractivity contribution in [2.75, 3.05) is 5.32 Å². The molecule has 1 atom stereocenters. The van der Waals surface area contributed by atoms with Crippen LogP contribution in [-0.4, -0.2) is 21.9 Å². The van der Waals surface area contributed by atoms with Crippen LogP contribution in [0.1, 0.15) is 29.8 Å². The Morgan fingerprint density at radius 1 is 1.08 bits per heavy atom. The Kier molecular flexibility index (Phi) is 5.38. The number of carbonyl (C=O) groups excluding carboxylic acids is 2. The fourth-order valence-corrected chi connectivity index (χ4v) is 3.57. The van der Waals surface area contributed by atoms with Crippen molar-refractivity contribution < 1.29 is 9.59 Å². The van der Waals surface area contributed by atoms with Crippen molar-refractivity contribution in [2.24, 2.45) is 0 Å². The number of benzene rings is 2. The first kappa shape index (κ1) is 18.1. The number of aromatic nitrogens is 1. The lowest BCUT2D eigenvalue weighted by atomic mass is 10.1. The molecule has 0 fully saturated rings. The lowest BCUT2D eigenvalue weighted by Crippen LogP contribution is -2.22. The van der Waals surface area contributed by atoms with Gasteiger partial charge in [-0.2, -0.15) is 0 Å². The molecule has 4 nitrogen and oxygen atoms in total. The van der Waals surface area contributed by atoms with E-state index in [0.717, 1.165) is 21.5 Å². The second-order valence-electron chi connectivity index (χ2n) is 6.18. The Bertz CT molecular complexity index is 967. The van der Waals surface area contributed by atoms with E-state index in [1.165, 1.54) is 18.7 Å². The number of ketones is 1. The molecule has 3 aromatic rings. The van der Waals surface area contributed by atoms with Crippen LogP contribution in [0.25, 0.3) is 10.9 Å². The summed E-state index contributed by atoms with van der Waals surface area (Å²) < 4.78 is 0. The topological polar surface area (TPSA) is 59.1 Å². The number of anilines is 1. The van der Waals surface area contributed by atoms with Gasteiger partial charge >= 0.3 is 0 Å². The van der Waals surface area contributed by atoms with E-state index in [9.17, 15) is 9.59 Å². The minimum absolute atomic E-state index is 0.00421. The number of hydrogen-bond donors (Lipinski definition) is 1. The molecule has 132 valence electrons. The summed E-state index contributed by atoms with van der Waals surface area (Å²) in [4.78, 5) is 28.4. The van der Waals surface area contributed by atoms with Crippen molar-refractivity contribution in [3.63, 3.8) is 0 Å². The number of pyridine rings is 1. The first-order chi connectivity index (χ1) is 12.4. The van der Waals surface area contributed by atoms with Gasteiger partial charge < -0.3 is 5.32 Å². The third kappa shape index (κ3) is 4.11. The highest BCUT2D eigenvalue weighted by Crippen LogP contribution is 2.27. The zero-order chi connectivity index (χ0) is 18.7. The van der Waals surface area contributed by atoms with E-state index in [1.54, 1.807) is 24.3 Å². The molecule has 0 aliphatic heterocycles. The van der Waals surface area contributed by atoms with Gasteiger partial charge in [0.05, 0.1) is 15.8 Å². The molecule has 1 N–H and O–H groups in total. The molecule has 0 radical (unpaired) electrons. The molecule has 0 saturated heterocycles. The Balaban J connectivity index is 1.70. The van der Waals surface area contributed by atoms with Gasteiger partial charge in [0.1, 0.15) is 0 Å². The Morgan fingerprint density at radius 2 is 1.77 bits per heavy atom. The first-order valence-corrected chi connectivity index (χ1v) is 9.27. The number of nitrogens with zero attached hydrogens (tertiary/aromatic N) is 1. The van der Waals surface area contributed by atoms with Crippen LogP contribution >= 0.6 is 11.8 Å². The summed E-state index contributed by atoms with van der Waals surface area (Å²) in [6.45, 7) is 5.43. The molecule has 5 heteroatoms. The lowest BCUT2D eigenvalue weighted by molar-refractivity contribution is -0.115. The maximum Gasteiger partial charge on any atom is 0.237 e. The second-order valence-corrected chi connectivity index (χ2v) is 7.54. The van der Waals surface area contributed by atoms with Crippen molar-refractivity contribution in [3.8, 4) is 0 Å². The van der Waals surface area contributed by atoms with Crippen LogP contribution in [0.3, 0.4) is 0 Å². The predicted molar refractivity (Wildman–Crippen MR) is 107 cm³/mol. The summed E-state index contributed by atoms with van der Waals surface area (Å²) in [5.74, 6) is -0.0947. The van der Waals surface area contributed by atoms with Crippen LogP contribution in [0, 0.1) is 6.92 Å². The van der Waals surface area contributed by atoms with E-state index >= 15 is 0 Å². The lowest BCUT2D eigenvalue weighted by Gasteiger charge is -2.13. The average molecular weight is 364 g/mol. The van der Waals surface area contributed by atoms with Crippen LogP contribution in [0.2, 0.25) is 0 Å². The van der Waals surface area contributed by atoms with Gasteiger partial charge in [0.25, 0.3) is 0 Å². The Labute approximate surface area is 157 Å². The summed E-state index contributed by atoms with van der Waals surface area (Å²) in [7, 11) is 0. The Morgan fingerprint density at radius 3 is 2.46 bits per heavy atom. The summed E-state index contributed by atoms with van der Waals surface area (Å²) >= 11 is 1.43. The van der Waals surface area contributed by atoms with Crippen LogP contribution < -0.4 is 5.32 Å². The van der Waals surface area contributed by atoms with Crippen molar-refractivity contribution in [1.29, 1.82) is 0 Å². The highest BCUT2D eigenvalue weighted by molar-refractivity contribution is 8.00. The fourth-order valence-electron chi connectivity index (χ4n) is 2.65. The van der Waals surface area contributed by atoms with Crippen molar-refractivity contribution >= 4 is 40.0 Å². The monoisotopic (exact) mass is 364 g/mol. The van der Waals surface area contributed by atoms with E-state index < -0.39 is 0 Å². The molecule has 3 rings (SSSR count). The maximum absolute atomic E-state index is 12.5.